The lowest BCUT2D eigenvalue weighted by atomic mass is 9.73. The Morgan fingerprint density at radius 2 is 1.96 bits per heavy atom. The Labute approximate surface area is 173 Å². The summed E-state index contributed by atoms with van der Waals surface area (Å²) in [6, 6.07) is 8.29. The second-order valence-electron chi connectivity index (χ2n) is 7.71. The van der Waals surface area contributed by atoms with Crippen molar-refractivity contribution >= 4 is 41.0 Å². The highest BCUT2D eigenvalue weighted by Crippen LogP contribution is 2.43. The molecular formula is C20H30IN5. The number of aromatic nitrogens is 2. The number of halogens is 1. The molecule has 2 heterocycles. The third-order valence-electron chi connectivity index (χ3n) is 6.15. The van der Waals surface area contributed by atoms with Crippen LogP contribution in [0.5, 0.6) is 0 Å². The largest absolute Gasteiger partial charge is 0.349 e. The van der Waals surface area contributed by atoms with Gasteiger partial charge in [-0.3, -0.25) is 4.99 Å². The molecule has 2 fully saturated rings. The molecule has 1 aliphatic heterocycles. The molecule has 6 heteroatoms. The summed E-state index contributed by atoms with van der Waals surface area (Å²) in [5.41, 5.74) is 2.78. The van der Waals surface area contributed by atoms with Crippen molar-refractivity contribution < 1.29 is 0 Å². The zero-order chi connectivity index (χ0) is 17.3. The lowest BCUT2D eigenvalue weighted by Crippen LogP contribution is -2.41. The molecular weight excluding hydrogens is 437 g/mol. The van der Waals surface area contributed by atoms with Gasteiger partial charge in [-0.2, -0.15) is 0 Å². The van der Waals surface area contributed by atoms with Crippen LogP contribution in [0.15, 0.2) is 29.3 Å². The molecule has 1 N–H and O–H groups in total. The SMILES string of the molecule is CN=C(NCc1nc2ccccc2n1C)N1CCC2(CCCCC2)C1.I. The van der Waals surface area contributed by atoms with Gasteiger partial charge in [-0.1, -0.05) is 31.4 Å². The van der Waals surface area contributed by atoms with Crippen LogP contribution >= 0.6 is 24.0 Å². The highest BCUT2D eigenvalue weighted by atomic mass is 127. The van der Waals surface area contributed by atoms with Gasteiger partial charge in [-0.05, 0) is 36.8 Å². The van der Waals surface area contributed by atoms with E-state index >= 15 is 0 Å². The Hall–Kier alpha value is -1.31. The van der Waals surface area contributed by atoms with Crippen LogP contribution in [0, 0.1) is 5.41 Å². The lowest BCUT2D eigenvalue weighted by Gasteiger charge is -2.33. The van der Waals surface area contributed by atoms with Crippen molar-refractivity contribution in [2.75, 3.05) is 20.1 Å². The number of para-hydroxylation sites is 2. The average molecular weight is 467 g/mol. The number of guanidine groups is 1. The zero-order valence-electron chi connectivity index (χ0n) is 15.9. The van der Waals surface area contributed by atoms with Crippen LogP contribution in [0.25, 0.3) is 11.0 Å². The monoisotopic (exact) mass is 467 g/mol. The molecule has 1 saturated carbocycles. The van der Waals surface area contributed by atoms with Crippen molar-refractivity contribution in [2.45, 2.75) is 45.1 Å². The highest BCUT2D eigenvalue weighted by molar-refractivity contribution is 14.0. The third-order valence-corrected chi connectivity index (χ3v) is 6.15. The number of hydrogen-bond acceptors (Lipinski definition) is 2. The number of rotatable bonds is 2. The second-order valence-corrected chi connectivity index (χ2v) is 7.71. The van der Waals surface area contributed by atoms with Gasteiger partial charge >= 0.3 is 0 Å². The number of aryl methyl sites for hydroxylation is 1. The second kappa shape index (κ2) is 8.15. The maximum Gasteiger partial charge on any atom is 0.194 e. The minimum absolute atomic E-state index is 0. The summed E-state index contributed by atoms with van der Waals surface area (Å²) < 4.78 is 2.17. The summed E-state index contributed by atoms with van der Waals surface area (Å²) in [4.78, 5) is 11.7. The van der Waals surface area contributed by atoms with Gasteiger partial charge < -0.3 is 14.8 Å². The molecule has 26 heavy (non-hydrogen) atoms. The fraction of sp³-hybridized carbons (Fsp3) is 0.600. The first-order valence-electron chi connectivity index (χ1n) is 9.57. The number of aliphatic imine (C=N–C) groups is 1. The zero-order valence-corrected chi connectivity index (χ0v) is 18.2. The molecule has 2 aliphatic rings. The lowest BCUT2D eigenvalue weighted by molar-refractivity contribution is 0.203. The fourth-order valence-corrected chi connectivity index (χ4v) is 4.67. The van der Waals surface area contributed by atoms with E-state index < -0.39 is 0 Å². The van der Waals surface area contributed by atoms with E-state index in [-0.39, 0.29) is 24.0 Å². The van der Waals surface area contributed by atoms with Crippen LogP contribution in [-0.4, -0.2) is 40.5 Å². The first-order valence-corrected chi connectivity index (χ1v) is 9.57. The smallest absolute Gasteiger partial charge is 0.194 e. The molecule has 0 unspecified atom stereocenters. The van der Waals surface area contributed by atoms with Crippen LogP contribution in [0.1, 0.15) is 44.3 Å². The molecule has 1 saturated heterocycles. The van der Waals surface area contributed by atoms with E-state index in [9.17, 15) is 0 Å². The van der Waals surface area contributed by atoms with E-state index in [4.69, 9.17) is 4.98 Å². The first kappa shape index (κ1) is 19.5. The molecule has 0 amide bonds. The topological polar surface area (TPSA) is 45.5 Å². The highest BCUT2D eigenvalue weighted by Gasteiger charge is 2.39. The molecule has 0 bridgehead atoms. The van der Waals surface area contributed by atoms with Crippen molar-refractivity contribution in [1.29, 1.82) is 0 Å². The Balaban J connectivity index is 0.00000196. The standard InChI is InChI=1S/C20H29N5.HI/c1-21-19(25-13-12-20(15-25)10-6-3-7-11-20)22-14-18-23-16-8-4-5-9-17(16)24(18)2;/h4-5,8-9H,3,6-7,10-15H2,1-2H3,(H,21,22);1H. The minimum atomic E-state index is 0. The van der Waals surface area contributed by atoms with Gasteiger partial charge in [0.1, 0.15) is 5.82 Å². The van der Waals surface area contributed by atoms with Crippen molar-refractivity contribution in [3.05, 3.63) is 30.1 Å². The molecule has 1 aliphatic carbocycles. The molecule has 5 nitrogen and oxygen atoms in total. The number of fused-ring (bicyclic) bond motifs is 1. The van der Waals surface area contributed by atoms with Gasteiger partial charge in [0, 0.05) is 27.2 Å². The molecule has 1 spiro atoms. The summed E-state index contributed by atoms with van der Waals surface area (Å²) in [6.07, 6.45) is 8.33. The maximum atomic E-state index is 4.76. The third kappa shape index (κ3) is 3.70. The first-order chi connectivity index (χ1) is 12.2. The van der Waals surface area contributed by atoms with Crippen molar-refractivity contribution in [3.8, 4) is 0 Å². The van der Waals surface area contributed by atoms with Crippen LogP contribution in [0.2, 0.25) is 0 Å². The molecule has 2 aromatic rings. The predicted octanol–water partition coefficient (Wildman–Crippen LogP) is 3.92. The molecule has 4 rings (SSSR count). The summed E-state index contributed by atoms with van der Waals surface area (Å²) in [5.74, 6) is 2.07. The van der Waals surface area contributed by atoms with E-state index in [1.807, 2.05) is 13.1 Å². The van der Waals surface area contributed by atoms with Crippen LogP contribution in [0.3, 0.4) is 0 Å². The van der Waals surface area contributed by atoms with E-state index in [0.717, 1.165) is 30.4 Å². The predicted molar refractivity (Wildman–Crippen MR) is 118 cm³/mol. The van der Waals surface area contributed by atoms with Crippen molar-refractivity contribution in [2.24, 2.45) is 17.5 Å². The molecule has 1 aromatic heterocycles. The summed E-state index contributed by atoms with van der Waals surface area (Å²) in [7, 11) is 3.98. The van der Waals surface area contributed by atoms with Gasteiger partial charge in [0.15, 0.2) is 5.96 Å². The number of nitrogens with one attached hydrogen (secondary N) is 1. The van der Waals surface area contributed by atoms with Gasteiger partial charge in [-0.15, -0.1) is 24.0 Å². The van der Waals surface area contributed by atoms with E-state index in [1.54, 1.807) is 0 Å². The number of nitrogens with zero attached hydrogens (tertiary/aromatic N) is 4. The number of benzene rings is 1. The van der Waals surface area contributed by atoms with Crippen LogP contribution in [0.4, 0.5) is 0 Å². The van der Waals surface area contributed by atoms with E-state index in [2.05, 4.69) is 45.0 Å². The van der Waals surface area contributed by atoms with Crippen molar-refractivity contribution in [3.63, 3.8) is 0 Å². The molecule has 1 aromatic carbocycles. The van der Waals surface area contributed by atoms with Crippen LogP contribution in [-0.2, 0) is 13.6 Å². The van der Waals surface area contributed by atoms with Crippen LogP contribution < -0.4 is 5.32 Å². The van der Waals surface area contributed by atoms with Gasteiger partial charge in [0.2, 0.25) is 0 Å². The van der Waals surface area contributed by atoms with Gasteiger partial charge in [-0.25, -0.2) is 4.98 Å². The average Bonchev–Trinajstić information content (AvgIpc) is 3.19. The van der Waals surface area contributed by atoms with Gasteiger partial charge in [0.05, 0.1) is 17.6 Å². The summed E-state index contributed by atoms with van der Waals surface area (Å²) >= 11 is 0. The number of hydrogen-bond donors (Lipinski definition) is 1. The quantitative estimate of drug-likeness (QED) is 0.414. The van der Waals surface area contributed by atoms with E-state index in [0.29, 0.717) is 12.0 Å². The Morgan fingerprint density at radius 3 is 2.69 bits per heavy atom. The Kier molecular flexibility index (Phi) is 6.10. The van der Waals surface area contributed by atoms with Gasteiger partial charge in [0.25, 0.3) is 0 Å². The maximum absolute atomic E-state index is 4.76. The summed E-state index contributed by atoms with van der Waals surface area (Å²) in [5, 5.41) is 3.54. The molecule has 0 atom stereocenters. The number of imidazole rings is 1. The fourth-order valence-electron chi connectivity index (χ4n) is 4.67. The molecule has 142 valence electrons. The normalized spacial score (nSPS) is 19.8. The Morgan fingerprint density at radius 1 is 1.19 bits per heavy atom. The summed E-state index contributed by atoms with van der Waals surface area (Å²) in [6.45, 7) is 3.00. The molecule has 0 radical (unpaired) electrons. The minimum Gasteiger partial charge on any atom is -0.349 e. The number of likely N-dealkylation sites (tertiary alicyclic amines) is 1. The van der Waals surface area contributed by atoms with E-state index in [1.165, 1.54) is 44.0 Å². The Bertz CT molecular complexity index is 776. The van der Waals surface area contributed by atoms with Crippen molar-refractivity contribution in [1.82, 2.24) is 19.8 Å².